The molecule has 0 saturated heterocycles. The number of carbonyl (C=O) groups excluding carboxylic acids is 1. The maximum Gasteiger partial charge on any atom is 0.234 e. The number of methoxy groups -OCH3 is 1. The first kappa shape index (κ1) is 13.9. The van der Waals surface area contributed by atoms with Gasteiger partial charge in [0.25, 0.3) is 0 Å². The fourth-order valence-electron chi connectivity index (χ4n) is 2.11. The fraction of sp³-hybridized carbons (Fsp3) is 0.533. The van der Waals surface area contributed by atoms with E-state index in [0.717, 1.165) is 23.8 Å². The van der Waals surface area contributed by atoms with Gasteiger partial charge in [0, 0.05) is 5.56 Å². The van der Waals surface area contributed by atoms with Crippen molar-refractivity contribution in [2.75, 3.05) is 20.2 Å². The number of rotatable bonds is 7. The van der Waals surface area contributed by atoms with Crippen molar-refractivity contribution in [3.63, 3.8) is 0 Å². The van der Waals surface area contributed by atoms with Crippen molar-refractivity contribution < 1.29 is 9.53 Å². The molecule has 0 bridgehead atoms. The summed E-state index contributed by atoms with van der Waals surface area (Å²) in [6.45, 7) is 3.31. The molecule has 1 aliphatic carbocycles. The van der Waals surface area contributed by atoms with E-state index in [-0.39, 0.29) is 11.9 Å². The first-order valence-electron chi connectivity index (χ1n) is 6.83. The molecule has 1 aliphatic rings. The lowest BCUT2D eigenvalue weighted by Crippen LogP contribution is -2.36. The van der Waals surface area contributed by atoms with Crippen LogP contribution in [-0.4, -0.2) is 26.1 Å². The second-order valence-electron chi connectivity index (χ2n) is 5.11. The van der Waals surface area contributed by atoms with Crippen LogP contribution in [0, 0.1) is 5.92 Å². The molecule has 1 saturated carbocycles. The van der Waals surface area contributed by atoms with Crippen molar-refractivity contribution in [1.29, 1.82) is 0 Å². The van der Waals surface area contributed by atoms with Crippen LogP contribution < -0.4 is 15.4 Å². The molecule has 1 aromatic carbocycles. The number of ether oxygens (including phenoxy) is 1. The van der Waals surface area contributed by atoms with Crippen molar-refractivity contribution in [1.82, 2.24) is 10.6 Å². The molecule has 1 atom stereocenters. The van der Waals surface area contributed by atoms with Crippen LogP contribution in [0.4, 0.5) is 0 Å². The normalized spacial score (nSPS) is 15.9. The summed E-state index contributed by atoms with van der Waals surface area (Å²) in [5.74, 6) is 1.62. The van der Waals surface area contributed by atoms with Crippen molar-refractivity contribution in [3.05, 3.63) is 29.8 Å². The van der Waals surface area contributed by atoms with Gasteiger partial charge >= 0.3 is 0 Å². The minimum absolute atomic E-state index is 0.0269. The number of hydrogen-bond donors (Lipinski definition) is 2. The molecule has 4 nitrogen and oxygen atoms in total. The second-order valence-corrected chi connectivity index (χ2v) is 5.11. The molecule has 0 spiro atoms. The molecule has 4 heteroatoms. The summed E-state index contributed by atoms with van der Waals surface area (Å²) in [6, 6.07) is 7.70. The Balaban J connectivity index is 1.81. The predicted octanol–water partition coefficient (Wildman–Crippen LogP) is 1.87. The van der Waals surface area contributed by atoms with Gasteiger partial charge in [-0.15, -0.1) is 0 Å². The molecule has 2 N–H and O–H groups in total. The highest BCUT2D eigenvalue weighted by Gasteiger charge is 2.21. The molecular formula is C15H22N2O2. The molecule has 1 amide bonds. The van der Waals surface area contributed by atoms with Crippen LogP contribution in [0.25, 0.3) is 0 Å². The van der Waals surface area contributed by atoms with Crippen LogP contribution in [0.2, 0.25) is 0 Å². The highest BCUT2D eigenvalue weighted by molar-refractivity contribution is 5.78. The molecule has 104 valence electrons. The average Bonchev–Trinajstić information content (AvgIpc) is 3.22. The number of benzene rings is 1. The number of para-hydroxylation sites is 1. The molecule has 1 fully saturated rings. The standard InChI is InChI=1S/C15H22N2O2/c1-11(13-5-3-4-6-14(13)19-2)17-15(18)10-16-9-12-7-8-12/h3-6,11-12,16H,7-10H2,1-2H3,(H,17,18). The van der Waals surface area contributed by atoms with Gasteiger partial charge in [0.2, 0.25) is 5.91 Å². The second kappa shape index (κ2) is 6.57. The summed E-state index contributed by atoms with van der Waals surface area (Å²) in [4.78, 5) is 11.8. The van der Waals surface area contributed by atoms with Crippen LogP contribution in [0.5, 0.6) is 5.75 Å². The van der Waals surface area contributed by atoms with Crippen molar-refractivity contribution in [2.45, 2.75) is 25.8 Å². The monoisotopic (exact) mass is 262 g/mol. The highest BCUT2D eigenvalue weighted by atomic mass is 16.5. The molecule has 0 aliphatic heterocycles. The van der Waals surface area contributed by atoms with E-state index >= 15 is 0 Å². The Bertz CT molecular complexity index is 430. The quantitative estimate of drug-likeness (QED) is 0.788. The smallest absolute Gasteiger partial charge is 0.234 e. The lowest BCUT2D eigenvalue weighted by atomic mass is 10.1. The SMILES string of the molecule is COc1ccccc1C(C)NC(=O)CNCC1CC1. The third-order valence-corrected chi connectivity index (χ3v) is 3.40. The summed E-state index contributed by atoms with van der Waals surface area (Å²) in [5, 5.41) is 6.17. The minimum atomic E-state index is -0.0497. The Kier molecular flexibility index (Phi) is 4.80. The summed E-state index contributed by atoms with van der Waals surface area (Å²) < 4.78 is 5.30. The topological polar surface area (TPSA) is 50.4 Å². The Labute approximate surface area is 114 Å². The van der Waals surface area contributed by atoms with Gasteiger partial charge in [-0.05, 0) is 38.3 Å². The zero-order valence-electron chi connectivity index (χ0n) is 11.6. The summed E-state index contributed by atoms with van der Waals surface area (Å²) in [5.41, 5.74) is 1.00. The van der Waals surface area contributed by atoms with Crippen LogP contribution in [0.1, 0.15) is 31.4 Å². The fourth-order valence-corrected chi connectivity index (χ4v) is 2.11. The van der Waals surface area contributed by atoms with Gasteiger partial charge in [0.1, 0.15) is 5.75 Å². The molecule has 0 radical (unpaired) electrons. The highest BCUT2D eigenvalue weighted by Crippen LogP contribution is 2.27. The first-order chi connectivity index (χ1) is 9.20. The van der Waals surface area contributed by atoms with Gasteiger partial charge in [-0.2, -0.15) is 0 Å². The Hall–Kier alpha value is -1.55. The van der Waals surface area contributed by atoms with Crippen molar-refractivity contribution >= 4 is 5.91 Å². The third kappa shape index (κ3) is 4.24. The Morgan fingerprint density at radius 2 is 2.16 bits per heavy atom. The van der Waals surface area contributed by atoms with E-state index in [2.05, 4.69) is 10.6 Å². The zero-order valence-corrected chi connectivity index (χ0v) is 11.6. The maximum absolute atomic E-state index is 11.8. The van der Waals surface area contributed by atoms with E-state index in [0.29, 0.717) is 6.54 Å². The summed E-state index contributed by atoms with van der Waals surface area (Å²) in [6.07, 6.45) is 2.60. The van der Waals surface area contributed by atoms with Crippen LogP contribution in [0.3, 0.4) is 0 Å². The number of amides is 1. The Morgan fingerprint density at radius 1 is 1.42 bits per heavy atom. The van der Waals surface area contributed by atoms with Gasteiger partial charge in [-0.3, -0.25) is 4.79 Å². The summed E-state index contributed by atoms with van der Waals surface area (Å²) in [7, 11) is 1.64. The van der Waals surface area contributed by atoms with Gasteiger partial charge in [-0.25, -0.2) is 0 Å². The van der Waals surface area contributed by atoms with E-state index in [1.54, 1.807) is 7.11 Å². The number of hydrogen-bond acceptors (Lipinski definition) is 3. The van der Waals surface area contributed by atoms with Crippen molar-refractivity contribution in [3.8, 4) is 5.75 Å². The van der Waals surface area contributed by atoms with E-state index < -0.39 is 0 Å². The molecular weight excluding hydrogens is 240 g/mol. The lowest BCUT2D eigenvalue weighted by Gasteiger charge is -2.17. The van der Waals surface area contributed by atoms with Crippen molar-refractivity contribution in [2.24, 2.45) is 5.92 Å². The molecule has 19 heavy (non-hydrogen) atoms. The zero-order chi connectivity index (χ0) is 13.7. The molecule has 1 unspecified atom stereocenters. The molecule has 1 aromatic rings. The predicted molar refractivity (Wildman–Crippen MR) is 75.1 cm³/mol. The maximum atomic E-state index is 11.8. The third-order valence-electron chi connectivity index (χ3n) is 3.40. The van der Waals surface area contributed by atoms with Crippen LogP contribution >= 0.6 is 0 Å². The largest absolute Gasteiger partial charge is 0.496 e. The molecule has 0 heterocycles. The van der Waals surface area contributed by atoms with Crippen LogP contribution in [0.15, 0.2) is 24.3 Å². The molecule has 2 rings (SSSR count). The lowest BCUT2D eigenvalue weighted by molar-refractivity contribution is -0.120. The number of nitrogens with one attached hydrogen (secondary N) is 2. The van der Waals surface area contributed by atoms with E-state index in [1.807, 2.05) is 31.2 Å². The van der Waals surface area contributed by atoms with Gasteiger partial charge in [-0.1, -0.05) is 18.2 Å². The minimum Gasteiger partial charge on any atom is -0.496 e. The average molecular weight is 262 g/mol. The van der Waals surface area contributed by atoms with Gasteiger partial charge in [0.15, 0.2) is 0 Å². The van der Waals surface area contributed by atoms with Crippen LogP contribution in [-0.2, 0) is 4.79 Å². The van der Waals surface area contributed by atoms with E-state index in [1.165, 1.54) is 12.8 Å². The van der Waals surface area contributed by atoms with E-state index in [4.69, 9.17) is 4.74 Å². The van der Waals surface area contributed by atoms with E-state index in [9.17, 15) is 4.79 Å². The first-order valence-corrected chi connectivity index (χ1v) is 6.83. The van der Waals surface area contributed by atoms with Gasteiger partial charge in [0.05, 0.1) is 19.7 Å². The Morgan fingerprint density at radius 3 is 2.84 bits per heavy atom. The summed E-state index contributed by atoms with van der Waals surface area (Å²) >= 11 is 0. The number of carbonyl (C=O) groups is 1. The van der Waals surface area contributed by atoms with Gasteiger partial charge < -0.3 is 15.4 Å². The molecule has 0 aromatic heterocycles.